The largest absolute Gasteiger partial charge is 0.381 e. The van der Waals surface area contributed by atoms with E-state index < -0.39 is 0 Å². The Morgan fingerprint density at radius 3 is 2.54 bits per heavy atom. The zero-order chi connectivity index (χ0) is 17.1. The van der Waals surface area contributed by atoms with E-state index in [1.165, 1.54) is 51.4 Å². The third kappa shape index (κ3) is 2.29. The highest BCUT2D eigenvalue weighted by Crippen LogP contribution is 2.67. The van der Waals surface area contributed by atoms with E-state index in [0.29, 0.717) is 16.9 Å². The molecule has 0 aromatic carbocycles. The molecule has 0 bridgehead atoms. The quantitative estimate of drug-likeness (QED) is 0.545. The second kappa shape index (κ2) is 5.86. The maximum absolute atomic E-state index is 5.71. The number of ether oxygens (including phenoxy) is 1. The summed E-state index contributed by atoms with van der Waals surface area (Å²) in [6.07, 6.45) is 14.3. The Morgan fingerprint density at radius 1 is 1.04 bits per heavy atom. The molecule has 0 spiro atoms. The highest BCUT2D eigenvalue weighted by Gasteiger charge is 2.58. The molecule has 7 unspecified atom stereocenters. The maximum atomic E-state index is 5.71. The smallest absolute Gasteiger partial charge is 0.0608 e. The number of methoxy groups -OCH3 is 1. The predicted molar refractivity (Wildman–Crippen MR) is 101 cm³/mol. The van der Waals surface area contributed by atoms with Gasteiger partial charge in [0, 0.05) is 7.11 Å². The van der Waals surface area contributed by atoms with Gasteiger partial charge in [-0.1, -0.05) is 39.3 Å². The lowest BCUT2D eigenvalue weighted by Crippen LogP contribution is -2.50. The van der Waals surface area contributed by atoms with Crippen molar-refractivity contribution in [3.05, 3.63) is 11.6 Å². The minimum Gasteiger partial charge on any atom is -0.381 e. The van der Waals surface area contributed by atoms with Crippen LogP contribution in [0.1, 0.15) is 79.1 Å². The Labute approximate surface area is 149 Å². The third-order valence-corrected chi connectivity index (χ3v) is 9.27. The molecule has 4 rings (SSSR count). The second-order valence-electron chi connectivity index (χ2n) is 10.3. The minimum atomic E-state index is 0.478. The van der Waals surface area contributed by atoms with Crippen molar-refractivity contribution < 1.29 is 4.74 Å². The van der Waals surface area contributed by atoms with E-state index in [1.807, 2.05) is 7.11 Å². The molecule has 1 heteroatoms. The number of rotatable bonds is 2. The molecule has 3 saturated carbocycles. The Bertz CT molecular complexity index is 520. The maximum Gasteiger partial charge on any atom is 0.0608 e. The van der Waals surface area contributed by atoms with E-state index in [9.17, 15) is 0 Å². The Balaban J connectivity index is 1.62. The van der Waals surface area contributed by atoms with Crippen LogP contribution >= 0.6 is 0 Å². The number of hydrogen-bond acceptors (Lipinski definition) is 1. The van der Waals surface area contributed by atoms with Crippen LogP contribution in [-0.4, -0.2) is 13.2 Å². The van der Waals surface area contributed by atoms with Crippen LogP contribution in [0.2, 0.25) is 0 Å². The molecule has 7 atom stereocenters. The van der Waals surface area contributed by atoms with Crippen molar-refractivity contribution in [2.45, 2.75) is 85.2 Å². The van der Waals surface area contributed by atoms with Gasteiger partial charge in [0.05, 0.1) is 6.10 Å². The monoisotopic (exact) mass is 330 g/mol. The van der Waals surface area contributed by atoms with E-state index in [1.54, 1.807) is 5.57 Å². The van der Waals surface area contributed by atoms with Gasteiger partial charge in [-0.3, -0.25) is 0 Å². The van der Waals surface area contributed by atoms with Crippen LogP contribution in [0, 0.1) is 40.4 Å². The molecule has 0 radical (unpaired) electrons. The van der Waals surface area contributed by atoms with E-state index in [0.717, 1.165) is 29.6 Å². The summed E-state index contributed by atoms with van der Waals surface area (Å²) in [7, 11) is 1.90. The topological polar surface area (TPSA) is 9.23 Å². The predicted octanol–water partition coefficient (Wildman–Crippen LogP) is 6.24. The average Bonchev–Trinajstić information content (AvgIpc) is 2.91. The molecule has 1 nitrogen and oxygen atoms in total. The van der Waals surface area contributed by atoms with Crippen LogP contribution in [0.4, 0.5) is 0 Å². The highest BCUT2D eigenvalue weighted by atomic mass is 16.5. The summed E-state index contributed by atoms with van der Waals surface area (Å²) in [5.41, 5.74) is 2.86. The van der Waals surface area contributed by atoms with Crippen LogP contribution in [0.5, 0.6) is 0 Å². The molecule has 24 heavy (non-hydrogen) atoms. The van der Waals surface area contributed by atoms with Crippen molar-refractivity contribution in [3.63, 3.8) is 0 Å². The fourth-order valence-corrected chi connectivity index (χ4v) is 7.96. The molecule has 0 N–H and O–H groups in total. The van der Waals surface area contributed by atoms with Crippen LogP contribution in [-0.2, 0) is 4.74 Å². The zero-order valence-electron chi connectivity index (χ0n) is 16.6. The molecule has 0 aromatic rings. The lowest BCUT2D eigenvalue weighted by molar-refractivity contribution is -0.0586. The second-order valence-corrected chi connectivity index (χ2v) is 10.3. The first-order valence-electron chi connectivity index (χ1n) is 10.6. The fraction of sp³-hybridized carbons (Fsp3) is 0.913. The molecule has 4 aliphatic carbocycles. The zero-order valence-corrected chi connectivity index (χ0v) is 16.6. The summed E-state index contributed by atoms with van der Waals surface area (Å²) in [5.74, 6) is 4.71. The van der Waals surface area contributed by atoms with Crippen molar-refractivity contribution in [2.24, 2.45) is 40.4 Å². The first kappa shape index (κ1) is 17.1. The first-order valence-corrected chi connectivity index (χ1v) is 10.6. The van der Waals surface area contributed by atoms with Gasteiger partial charge in [-0.2, -0.15) is 0 Å². The van der Waals surface area contributed by atoms with Gasteiger partial charge >= 0.3 is 0 Å². The molecule has 3 fully saturated rings. The van der Waals surface area contributed by atoms with Gasteiger partial charge in [0.1, 0.15) is 0 Å². The first-order chi connectivity index (χ1) is 11.4. The third-order valence-electron chi connectivity index (χ3n) is 9.27. The van der Waals surface area contributed by atoms with Crippen LogP contribution in [0.15, 0.2) is 11.6 Å². The molecule has 0 aliphatic heterocycles. The Morgan fingerprint density at radius 2 is 1.83 bits per heavy atom. The van der Waals surface area contributed by atoms with Crippen molar-refractivity contribution in [2.75, 3.05) is 7.11 Å². The Hall–Kier alpha value is -0.300. The van der Waals surface area contributed by atoms with Crippen LogP contribution < -0.4 is 0 Å². The average molecular weight is 331 g/mol. The van der Waals surface area contributed by atoms with Gasteiger partial charge in [0.15, 0.2) is 0 Å². The summed E-state index contributed by atoms with van der Waals surface area (Å²) in [6, 6.07) is 0. The van der Waals surface area contributed by atoms with Crippen LogP contribution in [0.25, 0.3) is 0 Å². The van der Waals surface area contributed by atoms with Gasteiger partial charge in [-0.15, -0.1) is 0 Å². The molecule has 0 amide bonds. The van der Waals surface area contributed by atoms with E-state index in [-0.39, 0.29) is 0 Å². The molecule has 0 heterocycles. The SMILES string of the molecule is COC1CCC2(C)C(=CCC3C2CCC2(C)C(C(C)C)CCC32)C1. The molecule has 0 aromatic heterocycles. The highest BCUT2D eigenvalue weighted by molar-refractivity contribution is 5.25. The fourth-order valence-electron chi connectivity index (χ4n) is 7.96. The normalized spacial score (nSPS) is 50.9. The number of allylic oxidation sites excluding steroid dienone is 1. The number of fused-ring (bicyclic) bond motifs is 5. The molecular formula is C23H38O. The summed E-state index contributed by atoms with van der Waals surface area (Å²) in [6.45, 7) is 10.2. The lowest BCUT2D eigenvalue weighted by Gasteiger charge is -2.58. The van der Waals surface area contributed by atoms with Gasteiger partial charge in [-0.25, -0.2) is 0 Å². The van der Waals surface area contributed by atoms with Crippen molar-refractivity contribution >= 4 is 0 Å². The summed E-state index contributed by atoms with van der Waals surface area (Å²) < 4.78 is 5.71. The molecule has 136 valence electrons. The minimum absolute atomic E-state index is 0.478. The van der Waals surface area contributed by atoms with Crippen molar-refractivity contribution in [3.8, 4) is 0 Å². The summed E-state index contributed by atoms with van der Waals surface area (Å²) in [4.78, 5) is 0. The van der Waals surface area contributed by atoms with E-state index in [4.69, 9.17) is 4.74 Å². The van der Waals surface area contributed by atoms with Crippen LogP contribution in [0.3, 0.4) is 0 Å². The summed E-state index contributed by atoms with van der Waals surface area (Å²) >= 11 is 0. The number of hydrogen-bond donors (Lipinski definition) is 0. The standard InChI is InChI=1S/C23H38O/c1-15(2)19-8-9-20-18-7-6-16-14-17(24-5)10-12-22(16,3)21(18)11-13-23(19,20)4/h6,15,17-21H,7-14H2,1-5H3. The molecule has 4 aliphatic rings. The molecule has 0 saturated heterocycles. The van der Waals surface area contributed by atoms with Crippen molar-refractivity contribution in [1.29, 1.82) is 0 Å². The Kier molecular flexibility index (Phi) is 4.18. The van der Waals surface area contributed by atoms with E-state index >= 15 is 0 Å². The van der Waals surface area contributed by atoms with Gasteiger partial charge in [0.25, 0.3) is 0 Å². The summed E-state index contributed by atoms with van der Waals surface area (Å²) in [5, 5.41) is 0. The van der Waals surface area contributed by atoms with Gasteiger partial charge in [0.2, 0.25) is 0 Å². The van der Waals surface area contributed by atoms with Gasteiger partial charge < -0.3 is 4.74 Å². The van der Waals surface area contributed by atoms with Crippen molar-refractivity contribution in [1.82, 2.24) is 0 Å². The molecular weight excluding hydrogens is 292 g/mol. The van der Waals surface area contributed by atoms with E-state index in [2.05, 4.69) is 33.8 Å². The van der Waals surface area contributed by atoms with Gasteiger partial charge in [-0.05, 0) is 91.8 Å². The lowest BCUT2D eigenvalue weighted by atomic mass is 9.47.